The second-order valence-electron chi connectivity index (χ2n) is 4.12. The van der Waals surface area contributed by atoms with Gasteiger partial charge in [0.1, 0.15) is 5.71 Å². The topological polar surface area (TPSA) is 36.2 Å². The van der Waals surface area contributed by atoms with Crippen molar-refractivity contribution < 1.29 is 0 Å². The van der Waals surface area contributed by atoms with Gasteiger partial charge in [-0.2, -0.15) is 0 Å². The van der Waals surface area contributed by atoms with E-state index in [0.29, 0.717) is 11.4 Å². The van der Waals surface area contributed by atoms with E-state index in [1.54, 1.807) is 0 Å². The molecule has 1 aliphatic rings. The number of benzene rings is 1. The molecule has 0 bridgehead atoms. The Kier molecular flexibility index (Phi) is 3.29. The molecular weight excluding hydrogens is 228 g/mol. The van der Waals surface area contributed by atoms with Gasteiger partial charge < -0.3 is 0 Å². The highest BCUT2D eigenvalue weighted by molar-refractivity contribution is 7.79. The summed E-state index contributed by atoms with van der Waals surface area (Å²) in [5.74, 6) is 0. The van der Waals surface area contributed by atoms with Crippen molar-refractivity contribution >= 4 is 29.8 Å². The van der Waals surface area contributed by atoms with E-state index in [9.17, 15) is 0 Å². The fourth-order valence-corrected chi connectivity index (χ4v) is 1.97. The lowest BCUT2D eigenvalue weighted by atomic mass is 9.90. The van der Waals surface area contributed by atoms with Crippen molar-refractivity contribution in [1.29, 1.82) is 5.41 Å². The summed E-state index contributed by atoms with van der Waals surface area (Å²) in [4.78, 5) is 0. The zero-order valence-electron chi connectivity index (χ0n) is 9.86. The number of hydrogen-bond acceptors (Lipinski definition) is 3. The summed E-state index contributed by atoms with van der Waals surface area (Å²) >= 11 is 3.97. The van der Waals surface area contributed by atoms with E-state index in [-0.39, 0.29) is 0 Å². The van der Waals surface area contributed by atoms with Crippen LogP contribution < -0.4 is 0 Å². The molecule has 17 heavy (non-hydrogen) atoms. The molecule has 0 fully saturated rings. The van der Waals surface area contributed by atoms with Gasteiger partial charge in [0.15, 0.2) is 0 Å². The molecule has 0 saturated heterocycles. The van der Waals surface area contributed by atoms with Crippen LogP contribution in [0.1, 0.15) is 18.1 Å². The third-order valence-corrected chi connectivity index (χ3v) is 3.05. The van der Waals surface area contributed by atoms with E-state index >= 15 is 0 Å². The monoisotopic (exact) mass is 242 g/mol. The molecule has 0 spiro atoms. The van der Waals surface area contributed by atoms with Gasteiger partial charge >= 0.3 is 0 Å². The minimum absolute atomic E-state index is 0.443. The van der Waals surface area contributed by atoms with Crippen LogP contribution in [0.4, 0.5) is 0 Å². The van der Waals surface area contributed by atoms with Gasteiger partial charge in [0.25, 0.3) is 0 Å². The summed E-state index contributed by atoms with van der Waals surface area (Å²) in [5.41, 5.74) is 5.23. The number of thiol groups is 1. The molecule has 1 aromatic carbocycles. The zero-order valence-corrected chi connectivity index (χ0v) is 10.8. The van der Waals surface area contributed by atoms with Crippen LogP contribution >= 0.6 is 12.8 Å². The largest absolute Gasteiger partial charge is 0.298 e. The van der Waals surface area contributed by atoms with Gasteiger partial charge in [-0.15, -0.1) is 0 Å². The second-order valence-corrected chi connectivity index (χ2v) is 4.32. The minimum Gasteiger partial charge on any atom is -0.298 e. The Hall–Kier alpha value is -1.61. The van der Waals surface area contributed by atoms with Crippen LogP contribution in [0.3, 0.4) is 0 Å². The maximum absolute atomic E-state index is 7.99. The maximum Gasteiger partial charge on any atom is 0.104 e. The van der Waals surface area contributed by atoms with Crippen LogP contribution in [0.5, 0.6) is 0 Å². The third-order valence-electron chi connectivity index (χ3n) is 2.85. The molecule has 1 aliphatic carbocycles. The van der Waals surface area contributed by atoms with Crippen molar-refractivity contribution in [1.82, 2.24) is 0 Å². The molecule has 86 valence electrons. The summed E-state index contributed by atoms with van der Waals surface area (Å²) < 4.78 is 3.94. The molecule has 0 saturated carbocycles. The number of nitrogens with zero attached hydrogens (tertiary/aromatic N) is 1. The van der Waals surface area contributed by atoms with Gasteiger partial charge in [0.2, 0.25) is 0 Å². The summed E-state index contributed by atoms with van der Waals surface area (Å²) in [6.45, 7) is 3.96. The highest BCUT2D eigenvalue weighted by Gasteiger charge is 2.18. The highest BCUT2D eigenvalue weighted by atomic mass is 32.1. The Bertz CT molecular complexity index is 548. The average Bonchev–Trinajstić information content (AvgIpc) is 2.34. The SMILES string of the molecule is CC1=CC=C(c2ccc(C)cc2)/C(=N/S)C1=N. The Morgan fingerprint density at radius 3 is 2.29 bits per heavy atom. The summed E-state index contributed by atoms with van der Waals surface area (Å²) in [7, 11) is 0. The quantitative estimate of drug-likeness (QED) is 0.557. The van der Waals surface area contributed by atoms with Crippen LogP contribution in [-0.2, 0) is 0 Å². The fourth-order valence-electron chi connectivity index (χ4n) is 1.76. The van der Waals surface area contributed by atoms with Gasteiger partial charge in [-0.25, -0.2) is 4.40 Å². The van der Waals surface area contributed by atoms with Gasteiger partial charge in [0, 0.05) is 5.57 Å². The molecule has 0 aliphatic heterocycles. The molecule has 0 unspecified atom stereocenters. The lowest BCUT2D eigenvalue weighted by Gasteiger charge is -2.16. The predicted octanol–water partition coefficient (Wildman–Crippen LogP) is 3.64. The minimum atomic E-state index is 0.443. The van der Waals surface area contributed by atoms with Crippen LogP contribution in [0.25, 0.3) is 5.57 Å². The van der Waals surface area contributed by atoms with E-state index in [4.69, 9.17) is 5.41 Å². The Morgan fingerprint density at radius 1 is 1.06 bits per heavy atom. The van der Waals surface area contributed by atoms with Crippen molar-refractivity contribution in [2.24, 2.45) is 4.40 Å². The van der Waals surface area contributed by atoms with E-state index in [1.165, 1.54) is 5.56 Å². The first kappa shape index (κ1) is 11.9. The van der Waals surface area contributed by atoms with Crippen molar-refractivity contribution in [2.75, 3.05) is 0 Å². The number of allylic oxidation sites excluding steroid dienone is 4. The molecule has 1 aromatic rings. The Morgan fingerprint density at radius 2 is 1.71 bits per heavy atom. The first-order chi connectivity index (χ1) is 8.13. The van der Waals surface area contributed by atoms with E-state index < -0.39 is 0 Å². The van der Waals surface area contributed by atoms with Gasteiger partial charge in [-0.3, -0.25) is 5.41 Å². The Labute approximate surface area is 107 Å². The molecule has 0 atom stereocenters. The van der Waals surface area contributed by atoms with Gasteiger partial charge in [-0.1, -0.05) is 42.0 Å². The molecule has 0 radical (unpaired) electrons. The van der Waals surface area contributed by atoms with Crippen LogP contribution in [0.2, 0.25) is 0 Å². The summed E-state index contributed by atoms with van der Waals surface area (Å²) in [6.07, 6.45) is 3.94. The van der Waals surface area contributed by atoms with E-state index in [2.05, 4.69) is 36.3 Å². The molecule has 0 amide bonds. The van der Waals surface area contributed by atoms with Crippen LogP contribution in [0.15, 0.2) is 46.4 Å². The van der Waals surface area contributed by atoms with Gasteiger partial charge in [0.05, 0.1) is 5.71 Å². The third kappa shape index (κ3) is 2.24. The molecule has 2 nitrogen and oxygen atoms in total. The van der Waals surface area contributed by atoms with Gasteiger partial charge in [-0.05, 0) is 37.8 Å². The number of nitrogens with one attached hydrogen (secondary N) is 1. The first-order valence-corrected chi connectivity index (χ1v) is 5.81. The van der Waals surface area contributed by atoms with Crippen molar-refractivity contribution in [3.8, 4) is 0 Å². The maximum atomic E-state index is 7.99. The van der Waals surface area contributed by atoms with E-state index in [1.807, 2.05) is 31.2 Å². The Balaban J connectivity index is 2.51. The normalized spacial score (nSPS) is 18.1. The fraction of sp³-hybridized carbons (Fsp3) is 0.143. The summed E-state index contributed by atoms with van der Waals surface area (Å²) in [5, 5.41) is 7.99. The van der Waals surface area contributed by atoms with E-state index in [0.717, 1.165) is 16.7 Å². The standard InChI is InChI=1S/C14H14N2S/c1-9-3-6-11(7-4-9)12-8-5-10(2)13(15)14(12)16-17/h3-8,15,17H,1-2H3/b15-13?,16-14-. The molecule has 0 aromatic heterocycles. The second kappa shape index (κ2) is 4.72. The lowest BCUT2D eigenvalue weighted by molar-refractivity contribution is 1.44. The molecule has 0 heterocycles. The van der Waals surface area contributed by atoms with Crippen molar-refractivity contribution in [3.05, 3.63) is 53.1 Å². The average molecular weight is 242 g/mol. The summed E-state index contributed by atoms with van der Waals surface area (Å²) in [6, 6.07) is 8.20. The zero-order chi connectivity index (χ0) is 12.4. The highest BCUT2D eigenvalue weighted by Crippen LogP contribution is 2.23. The predicted molar refractivity (Wildman–Crippen MR) is 77.1 cm³/mol. The molecular formula is C14H14N2S. The first-order valence-electron chi connectivity index (χ1n) is 5.41. The number of aryl methyl sites for hydroxylation is 1. The number of hydrogen-bond donors (Lipinski definition) is 2. The lowest BCUT2D eigenvalue weighted by Crippen LogP contribution is -2.18. The molecule has 3 heteroatoms. The van der Waals surface area contributed by atoms with Crippen molar-refractivity contribution in [2.45, 2.75) is 13.8 Å². The smallest absolute Gasteiger partial charge is 0.104 e. The van der Waals surface area contributed by atoms with Crippen molar-refractivity contribution in [3.63, 3.8) is 0 Å². The molecule has 1 N–H and O–H groups in total. The van der Waals surface area contributed by atoms with Crippen LogP contribution in [0, 0.1) is 12.3 Å². The number of rotatable bonds is 1. The molecule has 2 rings (SSSR count). The van der Waals surface area contributed by atoms with Crippen LogP contribution in [-0.4, -0.2) is 11.4 Å².